The molecule has 4 nitrogen and oxygen atoms in total. The number of rotatable bonds is 1. The molecule has 0 aliphatic carbocycles. The van der Waals surface area contributed by atoms with E-state index in [2.05, 4.69) is 4.98 Å². The van der Waals surface area contributed by atoms with Crippen LogP contribution < -0.4 is 5.56 Å². The van der Waals surface area contributed by atoms with Crippen molar-refractivity contribution in [3.8, 4) is 11.3 Å². The van der Waals surface area contributed by atoms with Crippen molar-refractivity contribution >= 4 is 11.1 Å². The monoisotopic (exact) mass is 284 g/mol. The van der Waals surface area contributed by atoms with Crippen molar-refractivity contribution in [2.75, 3.05) is 0 Å². The minimum atomic E-state index is -0.302. The van der Waals surface area contributed by atoms with Gasteiger partial charge in [0.25, 0.3) is 5.56 Å². The van der Waals surface area contributed by atoms with Crippen molar-refractivity contribution in [3.63, 3.8) is 0 Å². The van der Waals surface area contributed by atoms with Crippen LogP contribution in [0, 0.1) is 5.82 Å². The molecular formula is C16H13FN2O2. The topological polar surface area (TPSA) is 48.0 Å². The molecule has 0 bridgehead atoms. The highest BCUT2D eigenvalue weighted by Gasteiger charge is 2.18. The molecule has 0 spiro atoms. The maximum absolute atomic E-state index is 13.0. The Morgan fingerprint density at radius 3 is 2.81 bits per heavy atom. The second-order valence-electron chi connectivity index (χ2n) is 5.28. The van der Waals surface area contributed by atoms with Crippen LogP contribution in [0.4, 0.5) is 4.39 Å². The van der Waals surface area contributed by atoms with Gasteiger partial charge in [0.05, 0.1) is 0 Å². The van der Waals surface area contributed by atoms with E-state index in [1.807, 2.05) is 0 Å². The summed E-state index contributed by atoms with van der Waals surface area (Å²) >= 11 is 0. The van der Waals surface area contributed by atoms with Gasteiger partial charge in [-0.25, -0.2) is 4.39 Å². The first-order valence-corrected chi connectivity index (χ1v) is 7.01. The van der Waals surface area contributed by atoms with E-state index in [0.717, 1.165) is 30.7 Å². The number of nitrogens with zero attached hydrogens (tertiary/aromatic N) is 2. The molecule has 0 radical (unpaired) electrons. The number of fused-ring (bicyclic) bond motifs is 2. The van der Waals surface area contributed by atoms with Crippen LogP contribution in [0.2, 0.25) is 0 Å². The molecule has 3 aromatic rings. The van der Waals surface area contributed by atoms with Crippen molar-refractivity contribution in [2.24, 2.45) is 0 Å². The fourth-order valence-corrected chi connectivity index (χ4v) is 2.79. The predicted octanol–water partition coefficient (Wildman–Crippen LogP) is 3.13. The summed E-state index contributed by atoms with van der Waals surface area (Å²) in [6.45, 7) is 0.716. The molecule has 5 heteroatoms. The Hall–Kier alpha value is -2.43. The fraction of sp³-hybridized carbons (Fsp3) is 0.250. The van der Waals surface area contributed by atoms with Crippen LogP contribution in [0.3, 0.4) is 0 Å². The Kier molecular flexibility index (Phi) is 2.67. The van der Waals surface area contributed by atoms with Gasteiger partial charge in [-0.1, -0.05) is 0 Å². The zero-order valence-electron chi connectivity index (χ0n) is 11.3. The molecule has 0 amide bonds. The standard InChI is InChI=1S/C16H13FN2O2/c17-11-6-4-10(5-7-11)13-9-12-15(21-13)18-14-3-1-2-8-19(14)16(12)20/h4-7,9H,1-3,8H2. The van der Waals surface area contributed by atoms with E-state index in [-0.39, 0.29) is 11.4 Å². The largest absolute Gasteiger partial charge is 0.437 e. The van der Waals surface area contributed by atoms with E-state index in [0.29, 0.717) is 23.4 Å². The van der Waals surface area contributed by atoms with E-state index < -0.39 is 0 Å². The molecule has 21 heavy (non-hydrogen) atoms. The van der Waals surface area contributed by atoms with Crippen molar-refractivity contribution in [1.29, 1.82) is 0 Å². The SMILES string of the molecule is O=c1c2cc(-c3ccc(F)cc3)oc2nc2n1CCCC2. The molecule has 2 aromatic heterocycles. The Morgan fingerprint density at radius 2 is 2.00 bits per heavy atom. The molecule has 0 fully saturated rings. The van der Waals surface area contributed by atoms with Gasteiger partial charge in [-0.3, -0.25) is 9.36 Å². The molecule has 1 aromatic carbocycles. The molecule has 1 aliphatic heterocycles. The summed E-state index contributed by atoms with van der Waals surface area (Å²) in [5.74, 6) is 1.03. The molecule has 4 rings (SSSR count). The number of aromatic nitrogens is 2. The van der Waals surface area contributed by atoms with Crippen LogP contribution in [0.5, 0.6) is 0 Å². The average molecular weight is 284 g/mol. The molecule has 0 atom stereocenters. The van der Waals surface area contributed by atoms with Crippen LogP contribution in [0.25, 0.3) is 22.4 Å². The van der Waals surface area contributed by atoms with Gasteiger partial charge in [0.2, 0.25) is 5.71 Å². The van der Waals surface area contributed by atoms with E-state index in [4.69, 9.17) is 4.42 Å². The highest BCUT2D eigenvalue weighted by molar-refractivity contribution is 5.79. The fourth-order valence-electron chi connectivity index (χ4n) is 2.79. The third-order valence-corrected chi connectivity index (χ3v) is 3.89. The van der Waals surface area contributed by atoms with Gasteiger partial charge in [-0.05, 0) is 43.2 Å². The lowest BCUT2D eigenvalue weighted by Gasteiger charge is -2.16. The van der Waals surface area contributed by atoms with E-state index in [1.165, 1.54) is 12.1 Å². The molecular weight excluding hydrogens is 271 g/mol. The number of halogens is 1. The first-order valence-electron chi connectivity index (χ1n) is 7.01. The second kappa shape index (κ2) is 4.55. The van der Waals surface area contributed by atoms with Crippen LogP contribution in [0.15, 0.2) is 39.5 Å². The zero-order valence-corrected chi connectivity index (χ0v) is 11.3. The van der Waals surface area contributed by atoms with Crippen LogP contribution in [-0.2, 0) is 13.0 Å². The normalized spacial score (nSPS) is 14.3. The maximum Gasteiger partial charge on any atom is 0.264 e. The average Bonchev–Trinajstić information content (AvgIpc) is 2.92. The highest BCUT2D eigenvalue weighted by Crippen LogP contribution is 2.26. The number of benzene rings is 1. The minimum Gasteiger partial charge on any atom is -0.437 e. The molecule has 0 saturated carbocycles. The summed E-state index contributed by atoms with van der Waals surface area (Å²) in [4.78, 5) is 16.9. The first kappa shape index (κ1) is 12.3. The van der Waals surface area contributed by atoms with Crippen LogP contribution in [0.1, 0.15) is 18.7 Å². The third kappa shape index (κ3) is 1.96. The van der Waals surface area contributed by atoms with Crippen molar-refractivity contribution < 1.29 is 8.81 Å². The number of aryl methyl sites for hydroxylation is 1. The summed E-state index contributed by atoms with van der Waals surface area (Å²) in [5, 5.41) is 0.486. The van der Waals surface area contributed by atoms with Gasteiger partial charge >= 0.3 is 0 Å². The Labute approximate surface area is 119 Å². The molecule has 0 unspecified atom stereocenters. The lowest BCUT2D eigenvalue weighted by atomic mass is 10.1. The number of hydrogen-bond acceptors (Lipinski definition) is 3. The summed E-state index contributed by atoms with van der Waals surface area (Å²) in [6, 6.07) is 7.69. The summed E-state index contributed by atoms with van der Waals surface area (Å²) in [7, 11) is 0. The zero-order chi connectivity index (χ0) is 14.4. The Balaban J connectivity index is 1.92. The Morgan fingerprint density at radius 1 is 1.19 bits per heavy atom. The molecule has 0 N–H and O–H groups in total. The molecule has 3 heterocycles. The summed E-state index contributed by atoms with van der Waals surface area (Å²) in [5.41, 5.74) is 1.05. The van der Waals surface area contributed by atoms with Crippen LogP contribution >= 0.6 is 0 Å². The summed E-state index contributed by atoms with van der Waals surface area (Å²) in [6.07, 6.45) is 2.85. The number of hydrogen-bond donors (Lipinski definition) is 0. The van der Waals surface area contributed by atoms with Crippen LogP contribution in [-0.4, -0.2) is 9.55 Å². The smallest absolute Gasteiger partial charge is 0.264 e. The van der Waals surface area contributed by atoms with E-state index >= 15 is 0 Å². The molecule has 1 aliphatic rings. The summed E-state index contributed by atoms with van der Waals surface area (Å²) < 4.78 is 20.4. The van der Waals surface area contributed by atoms with Crippen molar-refractivity contribution in [1.82, 2.24) is 9.55 Å². The van der Waals surface area contributed by atoms with Gasteiger partial charge in [-0.15, -0.1) is 0 Å². The van der Waals surface area contributed by atoms with E-state index in [9.17, 15) is 9.18 Å². The van der Waals surface area contributed by atoms with Gasteiger partial charge in [0.15, 0.2) is 0 Å². The lowest BCUT2D eigenvalue weighted by molar-refractivity contribution is 0.494. The Bertz CT molecular complexity index is 878. The van der Waals surface area contributed by atoms with Gasteiger partial charge in [0, 0.05) is 18.5 Å². The van der Waals surface area contributed by atoms with Gasteiger partial charge in [-0.2, -0.15) is 4.98 Å². The molecule has 106 valence electrons. The highest BCUT2D eigenvalue weighted by atomic mass is 19.1. The number of furan rings is 1. The van der Waals surface area contributed by atoms with E-state index in [1.54, 1.807) is 22.8 Å². The molecule has 0 saturated heterocycles. The lowest BCUT2D eigenvalue weighted by Crippen LogP contribution is -2.27. The van der Waals surface area contributed by atoms with Gasteiger partial charge in [0.1, 0.15) is 22.8 Å². The quantitative estimate of drug-likeness (QED) is 0.689. The van der Waals surface area contributed by atoms with Gasteiger partial charge < -0.3 is 4.42 Å². The predicted molar refractivity (Wildman–Crippen MR) is 76.6 cm³/mol. The maximum atomic E-state index is 13.0. The van der Waals surface area contributed by atoms with Crippen molar-refractivity contribution in [2.45, 2.75) is 25.8 Å². The first-order chi connectivity index (χ1) is 10.2. The van der Waals surface area contributed by atoms with Crippen molar-refractivity contribution in [3.05, 3.63) is 52.3 Å². The minimum absolute atomic E-state index is 0.0492. The second-order valence-corrected chi connectivity index (χ2v) is 5.28. The third-order valence-electron chi connectivity index (χ3n) is 3.89.